The second-order valence-corrected chi connectivity index (χ2v) is 12.9. The quantitative estimate of drug-likeness (QED) is 0.211. The van der Waals surface area contributed by atoms with Crippen molar-refractivity contribution in [2.24, 2.45) is 7.05 Å². The fraction of sp³-hybridized carbons (Fsp3) is 0.312. The van der Waals surface area contributed by atoms with Gasteiger partial charge in [-0.25, -0.2) is 4.98 Å². The predicted octanol–water partition coefficient (Wildman–Crippen LogP) is 5.78. The summed E-state index contributed by atoms with van der Waals surface area (Å²) in [6.45, 7) is 4.69. The van der Waals surface area contributed by atoms with E-state index in [0.29, 0.717) is 35.4 Å². The number of ether oxygens (including phenoxy) is 3. The van der Waals surface area contributed by atoms with Crippen molar-refractivity contribution >= 4 is 56.1 Å². The second-order valence-electron chi connectivity index (χ2n) is 11.0. The molecule has 0 bridgehead atoms. The van der Waals surface area contributed by atoms with Crippen LogP contribution in [0.5, 0.6) is 5.75 Å². The van der Waals surface area contributed by atoms with E-state index in [1.165, 1.54) is 11.3 Å². The third kappa shape index (κ3) is 5.80. The summed E-state index contributed by atoms with van der Waals surface area (Å²) in [5, 5.41) is 1.02. The van der Waals surface area contributed by atoms with Crippen LogP contribution in [-0.4, -0.2) is 59.6 Å². The minimum atomic E-state index is -1.09. The number of benzene rings is 3. The monoisotopic (exact) mass is 651 g/mol. The lowest BCUT2D eigenvalue weighted by atomic mass is 10.1. The Bertz CT molecular complexity index is 1820. The van der Waals surface area contributed by atoms with Crippen LogP contribution in [-0.2, 0) is 28.9 Å². The number of thiazole rings is 1. The van der Waals surface area contributed by atoms with Crippen LogP contribution in [0.25, 0.3) is 10.2 Å². The van der Waals surface area contributed by atoms with Gasteiger partial charge in [0.25, 0.3) is 0 Å². The van der Waals surface area contributed by atoms with E-state index in [4.69, 9.17) is 37.4 Å². The van der Waals surface area contributed by atoms with Gasteiger partial charge in [-0.3, -0.25) is 4.79 Å². The largest absolute Gasteiger partial charge is 0.491 e. The fourth-order valence-corrected chi connectivity index (χ4v) is 7.32. The summed E-state index contributed by atoms with van der Waals surface area (Å²) < 4.78 is 23.6. The van der Waals surface area contributed by atoms with Crippen molar-refractivity contribution in [1.29, 1.82) is 0 Å². The number of halogens is 2. The molecule has 3 aromatic carbocycles. The average molecular weight is 653 g/mol. The van der Waals surface area contributed by atoms with Crippen LogP contribution in [0.15, 0.2) is 84.2 Å². The van der Waals surface area contributed by atoms with Crippen molar-refractivity contribution in [3.05, 3.63) is 105 Å². The van der Waals surface area contributed by atoms with Gasteiger partial charge in [-0.15, -0.1) is 0 Å². The number of piperazine rings is 1. The van der Waals surface area contributed by atoms with Gasteiger partial charge in [0.05, 0.1) is 34.7 Å². The highest BCUT2D eigenvalue weighted by molar-refractivity contribution is 7.16. The summed E-state index contributed by atoms with van der Waals surface area (Å²) in [6, 6.07) is 19.8. The zero-order chi connectivity index (χ0) is 30.3. The van der Waals surface area contributed by atoms with E-state index in [2.05, 4.69) is 39.0 Å². The highest BCUT2D eigenvalue weighted by atomic mass is 35.5. The van der Waals surface area contributed by atoms with Crippen LogP contribution in [0.1, 0.15) is 5.56 Å². The van der Waals surface area contributed by atoms with Gasteiger partial charge in [0.15, 0.2) is 0 Å². The standard InChI is InChI=1S/C32H31Cl2N5O4S/c1-36-29-9-5-24(17-30(29)44-31(36)40)39-14-12-38(13-15-39)23-3-6-25(7-4-23)41-18-26-19-42-32(43-26,20-37-11-10-35-21-37)27-8-2-22(33)16-28(27)34/h2-11,16-17,21,26H,12-15,18-20H2,1H3. The summed E-state index contributed by atoms with van der Waals surface area (Å²) in [6.07, 6.45) is 5.00. The molecule has 44 heavy (non-hydrogen) atoms. The van der Waals surface area contributed by atoms with Gasteiger partial charge in [-0.05, 0) is 54.6 Å². The molecule has 228 valence electrons. The Morgan fingerprint density at radius 1 is 1.00 bits per heavy atom. The van der Waals surface area contributed by atoms with Gasteiger partial charge in [0, 0.05) is 67.6 Å². The van der Waals surface area contributed by atoms with Crippen LogP contribution in [0.3, 0.4) is 0 Å². The number of hydrogen-bond donors (Lipinski definition) is 0. The SMILES string of the molecule is Cn1c(=O)sc2cc(N3CCN(c4ccc(OCC5COC(Cn6ccnc6)(c6ccc(Cl)cc6Cl)O5)cc4)CC3)ccc21. The van der Waals surface area contributed by atoms with E-state index < -0.39 is 5.79 Å². The zero-order valence-corrected chi connectivity index (χ0v) is 26.4. The molecule has 2 unspecified atom stereocenters. The van der Waals surface area contributed by atoms with E-state index in [-0.39, 0.29) is 11.0 Å². The highest BCUT2D eigenvalue weighted by Gasteiger charge is 2.45. The number of nitrogens with zero attached hydrogens (tertiary/aromatic N) is 5. The molecule has 0 N–H and O–H groups in total. The van der Waals surface area contributed by atoms with Crippen LogP contribution < -0.4 is 19.4 Å². The number of fused-ring (bicyclic) bond motifs is 1. The molecule has 5 aromatic rings. The lowest BCUT2D eigenvalue weighted by Crippen LogP contribution is -2.46. The Morgan fingerprint density at radius 3 is 2.48 bits per heavy atom. The summed E-state index contributed by atoms with van der Waals surface area (Å²) in [5.74, 6) is -0.322. The molecule has 0 saturated carbocycles. The number of aromatic nitrogens is 3. The number of hydrogen-bond acceptors (Lipinski definition) is 8. The lowest BCUT2D eigenvalue weighted by Gasteiger charge is -2.37. The molecule has 12 heteroatoms. The first-order valence-electron chi connectivity index (χ1n) is 14.4. The Hall–Kier alpha value is -3.54. The van der Waals surface area contributed by atoms with Gasteiger partial charge in [0.1, 0.15) is 18.5 Å². The molecule has 2 fully saturated rings. The molecular weight excluding hydrogens is 621 g/mol. The van der Waals surface area contributed by atoms with Gasteiger partial charge in [0.2, 0.25) is 5.79 Å². The Labute approximate surface area is 268 Å². The molecule has 0 radical (unpaired) electrons. The summed E-state index contributed by atoms with van der Waals surface area (Å²) >= 11 is 14.0. The minimum absolute atomic E-state index is 0.0695. The first-order valence-corrected chi connectivity index (χ1v) is 16.0. The number of anilines is 2. The molecule has 2 aromatic heterocycles. The molecule has 7 rings (SSSR count). The number of aryl methyl sites for hydroxylation is 1. The Morgan fingerprint density at radius 2 is 1.75 bits per heavy atom. The van der Waals surface area contributed by atoms with E-state index in [1.807, 2.05) is 42.1 Å². The first kappa shape index (κ1) is 29.2. The molecule has 2 atom stereocenters. The molecule has 2 aliphatic heterocycles. The van der Waals surface area contributed by atoms with Crippen molar-refractivity contribution in [2.75, 3.05) is 49.2 Å². The predicted molar refractivity (Wildman–Crippen MR) is 175 cm³/mol. The number of imidazole rings is 1. The Kier molecular flexibility index (Phi) is 8.02. The topological polar surface area (TPSA) is 74.0 Å². The maximum absolute atomic E-state index is 12.0. The van der Waals surface area contributed by atoms with Gasteiger partial charge in [-0.1, -0.05) is 40.6 Å². The van der Waals surface area contributed by atoms with Crippen LogP contribution in [0.4, 0.5) is 11.4 Å². The van der Waals surface area contributed by atoms with Gasteiger partial charge in [-0.2, -0.15) is 0 Å². The van der Waals surface area contributed by atoms with E-state index in [9.17, 15) is 4.79 Å². The second kappa shape index (κ2) is 12.1. The van der Waals surface area contributed by atoms with Crippen LogP contribution in [0, 0.1) is 0 Å². The smallest absolute Gasteiger partial charge is 0.307 e. The molecule has 0 amide bonds. The van der Waals surface area contributed by atoms with Crippen molar-refractivity contribution in [2.45, 2.75) is 18.4 Å². The summed E-state index contributed by atoms with van der Waals surface area (Å²) in [4.78, 5) is 21.0. The first-order chi connectivity index (χ1) is 21.4. The maximum atomic E-state index is 12.0. The van der Waals surface area contributed by atoms with E-state index >= 15 is 0 Å². The third-order valence-electron chi connectivity index (χ3n) is 8.21. The van der Waals surface area contributed by atoms with Crippen molar-refractivity contribution in [1.82, 2.24) is 14.1 Å². The molecule has 0 spiro atoms. The number of rotatable bonds is 8. The molecule has 4 heterocycles. The van der Waals surface area contributed by atoms with Crippen LogP contribution >= 0.6 is 34.5 Å². The van der Waals surface area contributed by atoms with Crippen molar-refractivity contribution < 1.29 is 14.2 Å². The maximum Gasteiger partial charge on any atom is 0.307 e. The minimum Gasteiger partial charge on any atom is -0.491 e. The van der Waals surface area contributed by atoms with Gasteiger partial charge < -0.3 is 33.1 Å². The molecular formula is C32H31Cl2N5O4S. The Balaban J connectivity index is 0.957. The van der Waals surface area contributed by atoms with Crippen molar-refractivity contribution in [3.8, 4) is 5.75 Å². The summed E-state index contributed by atoms with van der Waals surface area (Å²) in [5.41, 5.74) is 4.01. The normalized spacial score (nSPS) is 20.5. The fourth-order valence-electron chi connectivity index (χ4n) is 5.86. The van der Waals surface area contributed by atoms with Crippen molar-refractivity contribution in [3.63, 3.8) is 0 Å². The zero-order valence-electron chi connectivity index (χ0n) is 24.1. The lowest BCUT2D eigenvalue weighted by molar-refractivity contribution is -0.189. The highest BCUT2D eigenvalue weighted by Crippen LogP contribution is 2.40. The van der Waals surface area contributed by atoms with E-state index in [0.717, 1.165) is 53.5 Å². The molecule has 2 saturated heterocycles. The summed E-state index contributed by atoms with van der Waals surface area (Å²) in [7, 11) is 1.82. The molecule has 0 aliphatic carbocycles. The third-order valence-corrected chi connectivity index (χ3v) is 9.75. The van der Waals surface area contributed by atoms with E-state index in [1.54, 1.807) is 29.2 Å². The molecule has 2 aliphatic rings. The van der Waals surface area contributed by atoms with Gasteiger partial charge >= 0.3 is 4.87 Å². The van der Waals surface area contributed by atoms with Crippen LogP contribution in [0.2, 0.25) is 10.0 Å². The molecule has 9 nitrogen and oxygen atoms in total. The average Bonchev–Trinajstić information content (AvgIpc) is 3.76.